The van der Waals surface area contributed by atoms with Gasteiger partial charge in [0.15, 0.2) is 0 Å². The van der Waals surface area contributed by atoms with Crippen LogP contribution < -0.4 is 5.32 Å². The average molecular weight is 1030 g/mol. The fourth-order valence-electron chi connectivity index (χ4n) is 10.7. The molecule has 0 saturated carbocycles. The quantitative estimate of drug-likeness (QED) is 0.0320. The van der Waals surface area contributed by atoms with Crippen LogP contribution in [0, 0.1) is 0 Å². The Morgan fingerprint density at radius 3 is 0.932 bits per heavy atom. The second-order valence-electron chi connectivity index (χ2n) is 23.2. The van der Waals surface area contributed by atoms with Crippen molar-refractivity contribution in [1.82, 2.24) is 5.32 Å². The van der Waals surface area contributed by atoms with Crippen LogP contribution in [0.25, 0.3) is 0 Å². The van der Waals surface area contributed by atoms with E-state index >= 15 is 0 Å². The maximum absolute atomic E-state index is 12.5. The molecule has 0 aromatic carbocycles. The summed E-state index contributed by atoms with van der Waals surface area (Å²) in [5.74, 6) is -0.0499. The lowest BCUT2D eigenvalue weighted by atomic mass is 10.0. The molecule has 73 heavy (non-hydrogen) atoms. The number of unbranched alkanes of at least 4 members (excludes halogenated alkanes) is 52. The van der Waals surface area contributed by atoms with Crippen LogP contribution in [0.2, 0.25) is 0 Å². The highest BCUT2D eigenvalue weighted by atomic mass is 16.5. The predicted octanol–water partition coefficient (Wildman–Crippen LogP) is 21.2. The van der Waals surface area contributed by atoms with Crippen molar-refractivity contribution in [3.05, 3.63) is 12.2 Å². The van der Waals surface area contributed by atoms with E-state index in [4.69, 9.17) is 4.74 Å². The zero-order chi connectivity index (χ0) is 52.9. The van der Waals surface area contributed by atoms with E-state index in [1.807, 2.05) is 6.08 Å². The summed E-state index contributed by atoms with van der Waals surface area (Å²) >= 11 is 0. The molecule has 6 nitrogen and oxygen atoms in total. The van der Waals surface area contributed by atoms with Gasteiger partial charge in [0, 0.05) is 12.8 Å². The third kappa shape index (κ3) is 59.7. The average Bonchev–Trinajstić information content (AvgIpc) is 3.39. The van der Waals surface area contributed by atoms with Crippen molar-refractivity contribution in [2.75, 3.05) is 13.2 Å². The zero-order valence-corrected chi connectivity index (χ0v) is 49.6. The number of aliphatic hydroxyl groups is 2. The van der Waals surface area contributed by atoms with Crippen LogP contribution in [0.3, 0.4) is 0 Å². The molecule has 3 N–H and O–H groups in total. The van der Waals surface area contributed by atoms with Crippen molar-refractivity contribution >= 4 is 11.9 Å². The van der Waals surface area contributed by atoms with E-state index in [1.54, 1.807) is 6.08 Å². The molecule has 0 aromatic rings. The van der Waals surface area contributed by atoms with Gasteiger partial charge in [0.25, 0.3) is 0 Å². The zero-order valence-electron chi connectivity index (χ0n) is 49.6. The highest BCUT2D eigenvalue weighted by Crippen LogP contribution is 2.19. The van der Waals surface area contributed by atoms with Crippen LogP contribution in [0.1, 0.15) is 380 Å². The summed E-state index contributed by atoms with van der Waals surface area (Å²) in [5.41, 5.74) is 0. The van der Waals surface area contributed by atoms with Gasteiger partial charge in [-0.1, -0.05) is 347 Å². The Morgan fingerprint density at radius 2 is 0.630 bits per heavy atom. The molecule has 0 aliphatic rings. The molecule has 0 spiro atoms. The van der Waals surface area contributed by atoms with Crippen molar-refractivity contribution < 1.29 is 24.5 Å². The summed E-state index contributed by atoms with van der Waals surface area (Å²) in [6.07, 6.45) is 76.9. The Hall–Kier alpha value is -1.40. The molecule has 0 saturated heterocycles. The van der Waals surface area contributed by atoms with Gasteiger partial charge in [-0.3, -0.25) is 9.59 Å². The number of aliphatic hydroxyl groups excluding tert-OH is 2. The van der Waals surface area contributed by atoms with Gasteiger partial charge < -0.3 is 20.3 Å². The number of nitrogens with one attached hydrogen (secondary N) is 1. The normalized spacial score (nSPS) is 12.5. The van der Waals surface area contributed by atoms with E-state index in [9.17, 15) is 19.8 Å². The largest absolute Gasteiger partial charge is 0.466 e. The molecule has 1 amide bonds. The maximum Gasteiger partial charge on any atom is 0.305 e. The fourth-order valence-corrected chi connectivity index (χ4v) is 10.7. The molecule has 0 aliphatic heterocycles. The number of carbonyl (C=O) groups excluding carboxylic acids is 2. The topological polar surface area (TPSA) is 95.9 Å². The van der Waals surface area contributed by atoms with E-state index in [0.717, 1.165) is 38.5 Å². The van der Waals surface area contributed by atoms with Gasteiger partial charge in [-0.25, -0.2) is 0 Å². The van der Waals surface area contributed by atoms with Gasteiger partial charge in [-0.2, -0.15) is 0 Å². The fraction of sp³-hybridized carbons (Fsp3) is 0.940. The number of rotatable bonds is 63. The molecule has 0 aliphatic carbocycles. The molecule has 0 radical (unpaired) electrons. The lowest BCUT2D eigenvalue weighted by Gasteiger charge is -2.20. The lowest BCUT2D eigenvalue weighted by Crippen LogP contribution is -2.45. The first kappa shape index (κ1) is 71.6. The van der Waals surface area contributed by atoms with Gasteiger partial charge >= 0.3 is 5.97 Å². The second-order valence-corrected chi connectivity index (χ2v) is 23.2. The van der Waals surface area contributed by atoms with Gasteiger partial charge in [0.05, 0.1) is 25.4 Å². The Morgan fingerprint density at radius 1 is 0.370 bits per heavy atom. The van der Waals surface area contributed by atoms with E-state index in [0.29, 0.717) is 19.4 Å². The first-order valence-electron chi connectivity index (χ1n) is 33.5. The standard InChI is InChI=1S/C67H131NO5/c1-3-5-7-9-11-13-15-17-19-20-21-23-26-29-32-35-39-43-47-51-55-59-65(70)64(63-69)68-66(71)60-56-52-48-44-40-36-33-30-27-24-22-25-28-31-34-38-42-46-50-54-58-62-73-67(72)61-57-53-49-45-41-37-18-16-14-12-10-8-6-4-2/h55,59,64-65,69-70H,3-54,56-58,60-63H2,1-2H3,(H,68,71)/b59-55+. The molecule has 0 fully saturated rings. The number of esters is 1. The number of amides is 1. The third-order valence-electron chi connectivity index (χ3n) is 15.8. The Labute approximate surface area is 457 Å². The summed E-state index contributed by atoms with van der Waals surface area (Å²) in [4.78, 5) is 24.6. The van der Waals surface area contributed by atoms with Crippen molar-refractivity contribution in [1.29, 1.82) is 0 Å². The van der Waals surface area contributed by atoms with Crippen LogP contribution in [0.15, 0.2) is 12.2 Å². The highest BCUT2D eigenvalue weighted by Gasteiger charge is 2.18. The summed E-state index contributed by atoms with van der Waals surface area (Å²) in [7, 11) is 0. The minimum Gasteiger partial charge on any atom is -0.466 e. The van der Waals surface area contributed by atoms with Gasteiger partial charge in [0.1, 0.15) is 0 Å². The summed E-state index contributed by atoms with van der Waals surface area (Å²) in [6.45, 7) is 4.94. The molecular formula is C67H131NO5. The van der Waals surface area contributed by atoms with Crippen LogP contribution in [0.5, 0.6) is 0 Å². The van der Waals surface area contributed by atoms with Crippen molar-refractivity contribution in [3.8, 4) is 0 Å². The number of hydrogen-bond acceptors (Lipinski definition) is 5. The molecular weight excluding hydrogens is 899 g/mol. The van der Waals surface area contributed by atoms with Crippen LogP contribution in [-0.2, 0) is 14.3 Å². The predicted molar refractivity (Wildman–Crippen MR) is 320 cm³/mol. The van der Waals surface area contributed by atoms with Gasteiger partial charge in [-0.15, -0.1) is 0 Å². The molecule has 2 atom stereocenters. The number of ether oxygens (including phenoxy) is 1. The number of allylic oxidation sites excluding steroid dienone is 1. The van der Waals surface area contributed by atoms with Crippen molar-refractivity contribution in [2.45, 2.75) is 392 Å². The Balaban J connectivity index is 3.40. The summed E-state index contributed by atoms with van der Waals surface area (Å²) < 4.78 is 5.49. The van der Waals surface area contributed by atoms with Crippen LogP contribution in [0.4, 0.5) is 0 Å². The Kier molecular flexibility index (Phi) is 61.9. The monoisotopic (exact) mass is 1030 g/mol. The summed E-state index contributed by atoms with van der Waals surface area (Å²) in [5, 5.41) is 23.2. The number of carbonyl (C=O) groups is 2. The lowest BCUT2D eigenvalue weighted by molar-refractivity contribution is -0.143. The highest BCUT2D eigenvalue weighted by molar-refractivity contribution is 5.76. The third-order valence-corrected chi connectivity index (χ3v) is 15.8. The second kappa shape index (κ2) is 63.1. The molecule has 0 rings (SSSR count). The van der Waals surface area contributed by atoms with E-state index in [2.05, 4.69) is 19.2 Å². The SMILES string of the molecule is CCCCCCCCCCCCCCCCCCCCC/C=C/C(O)C(CO)NC(=O)CCCCCCCCCCCCCCCCCCCCCCCOC(=O)CCCCCCCCCCCCCCCC. The summed E-state index contributed by atoms with van der Waals surface area (Å²) in [6, 6.07) is -0.629. The molecule has 0 aromatic heterocycles. The molecule has 434 valence electrons. The first-order valence-corrected chi connectivity index (χ1v) is 33.5. The maximum atomic E-state index is 12.5. The van der Waals surface area contributed by atoms with Crippen LogP contribution >= 0.6 is 0 Å². The van der Waals surface area contributed by atoms with E-state index in [1.165, 1.54) is 315 Å². The minimum absolute atomic E-state index is 0.0147. The van der Waals surface area contributed by atoms with Gasteiger partial charge in [0.2, 0.25) is 5.91 Å². The van der Waals surface area contributed by atoms with E-state index in [-0.39, 0.29) is 18.5 Å². The molecule has 2 unspecified atom stereocenters. The van der Waals surface area contributed by atoms with Crippen LogP contribution in [-0.4, -0.2) is 47.4 Å². The van der Waals surface area contributed by atoms with Crippen molar-refractivity contribution in [3.63, 3.8) is 0 Å². The first-order chi connectivity index (χ1) is 36.0. The van der Waals surface area contributed by atoms with Crippen molar-refractivity contribution in [2.24, 2.45) is 0 Å². The smallest absolute Gasteiger partial charge is 0.305 e. The minimum atomic E-state index is -0.845. The molecule has 0 heterocycles. The Bertz CT molecular complexity index is 1100. The van der Waals surface area contributed by atoms with Gasteiger partial charge in [-0.05, 0) is 32.1 Å². The molecule has 6 heteroatoms. The number of hydrogen-bond donors (Lipinski definition) is 3. The van der Waals surface area contributed by atoms with E-state index < -0.39 is 12.1 Å². The molecule has 0 bridgehead atoms.